The van der Waals surface area contributed by atoms with E-state index in [2.05, 4.69) is 0 Å². The van der Waals surface area contributed by atoms with Crippen molar-refractivity contribution in [1.82, 2.24) is 0 Å². The molecule has 0 unspecified atom stereocenters. The minimum absolute atomic E-state index is 0.0571. The maximum atomic E-state index is 11.7. The molecule has 0 atom stereocenters. The SMILES string of the molecule is Nc1cc(Cl)c(Cl)c(C(=O)OCCOCCO)c1. The third-order valence-corrected chi connectivity index (χ3v) is 2.77. The predicted molar refractivity (Wildman–Crippen MR) is 69.1 cm³/mol. The summed E-state index contributed by atoms with van der Waals surface area (Å²) in [5.74, 6) is -0.623. The number of ether oxygens (including phenoxy) is 2. The molecule has 0 saturated heterocycles. The normalized spacial score (nSPS) is 10.4. The number of carbonyl (C=O) groups is 1. The van der Waals surface area contributed by atoms with Crippen molar-refractivity contribution in [2.75, 3.05) is 32.2 Å². The lowest BCUT2D eigenvalue weighted by Crippen LogP contribution is -2.13. The van der Waals surface area contributed by atoms with Gasteiger partial charge in [0.2, 0.25) is 0 Å². The van der Waals surface area contributed by atoms with Crippen molar-refractivity contribution in [3.8, 4) is 0 Å². The van der Waals surface area contributed by atoms with Gasteiger partial charge in [0.15, 0.2) is 0 Å². The monoisotopic (exact) mass is 293 g/mol. The molecule has 0 spiro atoms. The van der Waals surface area contributed by atoms with Crippen LogP contribution in [0.15, 0.2) is 12.1 Å². The van der Waals surface area contributed by atoms with E-state index in [4.69, 9.17) is 43.5 Å². The molecule has 5 nitrogen and oxygen atoms in total. The summed E-state index contributed by atoms with van der Waals surface area (Å²) in [6, 6.07) is 2.84. The van der Waals surface area contributed by atoms with Gasteiger partial charge in [0.1, 0.15) is 6.61 Å². The summed E-state index contributed by atoms with van der Waals surface area (Å²) in [4.78, 5) is 11.7. The van der Waals surface area contributed by atoms with Crippen LogP contribution in [0.4, 0.5) is 5.69 Å². The van der Waals surface area contributed by atoms with Gasteiger partial charge in [0, 0.05) is 5.69 Å². The van der Waals surface area contributed by atoms with E-state index in [0.717, 1.165) is 0 Å². The van der Waals surface area contributed by atoms with E-state index in [1.807, 2.05) is 0 Å². The highest BCUT2D eigenvalue weighted by Crippen LogP contribution is 2.29. The van der Waals surface area contributed by atoms with Crippen molar-refractivity contribution in [3.63, 3.8) is 0 Å². The molecule has 0 aromatic heterocycles. The van der Waals surface area contributed by atoms with Crippen LogP contribution in [-0.2, 0) is 9.47 Å². The van der Waals surface area contributed by atoms with Gasteiger partial charge in [-0.05, 0) is 12.1 Å². The number of nitrogens with two attached hydrogens (primary N) is 1. The van der Waals surface area contributed by atoms with E-state index in [1.165, 1.54) is 12.1 Å². The highest BCUT2D eigenvalue weighted by Gasteiger charge is 2.15. The van der Waals surface area contributed by atoms with Gasteiger partial charge in [-0.2, -0.15) is 0 Å². The summed E-state index contributed by atoms with van der Waals surface area (Å²) in [5, 5.41) is 8.77. The fraction of sp³-hybridized carbons (Fsp3) is 0.364. The van der Waals surface area contributed by atoms with E-state index >= 15 is 0 Å². The van der Waals surface area contributed by atoms with Crippen LogP contribution >= 0.6 is 23.2 Å². The lowest BCUT2D eigenvalue weighted by atomic mass is 10.2. The highest BCUT2D eigenvalue weighted by atomic mass is 35.5. The number of hydrogen-bond acceptors (Lipinski definition) is 5. The first kappa shape index (κ1) is 15.0. The number of benzene rings is 1. The Bertz CT molecular complexity index is 426. The lowest BCUT2D eigenvalue weighted by molar-refractivity contribution is 0.0258. The van der Waals surface area contributed by atoms with Gasteiger partial charge in [-0.1, -0.05) is 23.2 Å². The second-order valence-corrected chi connectivity index (χ2v) is 4.12. The first-order valence-electron chi connectivity index (χ1n) is 5.16. The van der Waals surface area contributed by atoms with Gasteiger partial charge >= 0.3 is 5.97 Å². The summed E-state index contributed by atoms with van der Waals surface area (Å²) < 4.78 is 9.86. The fourth-order valence-electron chi connectivity index (χ4n) is 1.20. The molecule has 0 radical (unpaired) electrons. The molecule has 0 heterocycles. The maximum absolute atomic E-state index is 11.7. The van der Waals surface area contributed by atoms with Gasteiger partial charge in [-0.25, -0.2) is 4.79 Å². The Balaban J connectivity index is 2.56. The minimum Gasteiger partial charge on any atom is -0.460 e. The quantitative estimate of drug-likeness (QED) is 0.474. The van der Waals surface area contributed by atoms with Crippen molar-refractivity contribution >= 4 is 34.9 Å². The van der Waals surface area contributed by atoms with Crippen LogP contribution in [-0.4, -0.2) is 37.5 Å². The molecule has 0 amide bonds. The molecule has 0 aliphatic rings. The van der Waals surface area contributed by atoms with E-state index < -0.39 is 5.97 Å². The topological polar surface area (TPSA) is 81.8 Å². The molecular formula is C11H13Cl2NO4. The Labute approximate surface area is 114 Å². The summed E-state index contributed by atoms with van der Waals surface area (Å²) in [5.41, 5.74) is 6.00. The zero-order valence-corrected chi connectivity index (χ0v) is 11.0. The zero-order chi connectivity index (χ0) is 13.5. The number of nitrogen functional groups attached to an aromatic ring is 1. The van der Waals surface area contributed by atoms with Gasteiger partial charge in [0.05, 0.1) is 35.4 Å². The average Bonchev–Trinajstić information content (AvgIpc) is 2.33. The highest BCUT2D eigenvalue weighted by molar-refractivity contribution is 6.44. The molecule has 100 valence electrons. The number of carbonyl (C=O) groups excluding carboxylic acids is 1. The molecule has 1 rings (SSSR count). The number of esters is 1. The first-order chi connectivity index (χ1) is 8.56. The van der Waals surface area contributed by atoms with E-state index in [0.29, 0.717) is 5.69 Å². The summed E-state index contributed by atoms with van der Waals surface area (Å²) in [7, 11) is 0. The number of hydrogen-bond donors (Lipinski definition) is 2. The van der Waals surface area contributed by atoms with Crippen molar-refractivity contribution < 1.29 is 19.4 Å². The minimum atomic E-state index is -0.623. The van der Waals surface area contributed by atoms with Crippen LogP contribution in [0.3, 0.4) is 0 Å². The van der Waals surface area contributed by atoms with Crippen molar-refractivity contribution in [3.05, 3.63) is 27.7 Å². The Morgan fingerprint density at radius 1 is 1.28 bits per heavy atom. The van der Waals surface area contributed by atoms with E-state index in [9.17, 15) is 4.79 Å². The number of aliphatic hydroxyl groups is 1. The maximum Gasteiger partial charge on any atom is 0.339 e. The Kier molecular flexibility index (Phi) is 6.21. The second kappa shape index (κ2) is 7.43. The smallest absolute Gasteiger partial charge is 0.339 e. The average molecular weight is 294 g/mol. The van der Waals surface area contributed by atoms with Gasteiger partial charge in [0.25, 0.3) is 0 Å². The molecule has 0 fully saturated rings. The third kappa shape index (κ3) is 4.34. The Morgan fingerprint density at radius 3 is 2.67 bits per heavy atom. The molecule has 7 heteroatoms. The zero-order valence-electron chi connectivity index (χ0n) is 9.49. The van der Waals surface area contributed by atoms with E-state index in [1.54, 1.807) is 0 Å². The predicted octanol–water partition coefficient (Wildman–Crippen LogP) is 1.74. The number of rotatable bonds is 6. The van der Waals surface area contributed by atoms with Crippen LogP contribution in [0.1, 0.15) is 10.4 Å². The first-order valence-corrected chi connectivity index (χ1v) is 5.92. The fourth-order valence-corrected chi connectivity index (χ4v) is 1.61. The van der Waals surface area contributed by atoms with Gasteiger partial charge in [-0.15, -0.1) is 0 Å². The Morgan fingerprint density at radius 2 is 2.00 bits per heavy atom. The molecule has 0 saturated carbocycles. The van der Waals surface area contributed by atoms with E-state index in [-0.39, 0.29) is 42.0 Å². The van der Waals surface area contributed by atoms with Crippen LogP contribution in [0.2, 0.25) is 10.0 Å². The summed E-state index contributed by atoms with van der Waals surface area (Å²) in [6.45, 7) is 0.370. The molecule has 0 aliphatic carbocycles. The number of anilines is 1. The Hall–Kier alpha value is -1.01. The molecule has 1 aromatic rings. The largest absolute Gasteiger partial charge is 0.460 e. The van der Waals surface area contributed by atoms with Crippen LogP contribution in [0.25, 0.3) is 0 Å². The number of halogens is 2. The van der Waals surface area contributed by atoms with Gasteiger partial charge < -0.3 is 20.3 Å². The molecular weight excluding hydrogens is 281 g/mol. The van der Waals surface area contributed by atoms with Crippen molar-refractivity contribution in [1.29, 1.82) is 0 Å². The number of aliphatic hydroxyl groups excluding tert-OH is 1. The van der Waals surface area contributed by atoms with Crippen LogP contribution < -0.4 is 5.73 Å². The molecule has 18 heavy (non-hydrogen) atoms. The van der Waals surface area contributed by atoms with Crippen molar-refractivity contribution in [2.45, 2.75) is 0 Å². The van der Waals surface area contributed by atoms with Gasteiger partial charge in [-0.3, -0.25) is 0 Å². The standard InChI is InChI=1S/C11H13Cl2NO4/c12-9-6-7(14)5-8(10(9)13)11(16)18-4-3-17-2-1-15/h5-6,15H,1-4,14H2. The molecule has 3 N–H and O–H groups in total. The molecule has 0 aliphatic heterocycles. The summed E-state index contributed by atoms with van der Waals surface area (Å²) in [6.07, 6.45) is 0. The van der Waals surface area contributed by atoms with Crippen LogP contribution in [0.5, 0.6) is 0 Å². The molecule has 0 bridgehead atoms. The lowest BCUT2D eigenvalue weighted by Gasteiger charge is -2.08. The molecule has 1 aromatic carbocycles. The third-order valence-electron chi connectivity index (χ3n) is 1.97. The summed E-state index contributed by atoms with van der Waals surface area (Å²) >= 11 is 11.7. The second-order valence-electron chi connectivity index (χ2n) is 3.34. The van der Waals surface area contributed by atoms with Crippen molar-refractivity contribution in [2.24, 2.45) is 0 Å². The van der Waals surface area contributed by atoms with Crippen LogP contribution in [0, 0.1) is 0 Å².